The highest BCUT2D eigenvalue weighted by Gasteiger charge is 2.27. The molecule has 2 rings (SSSR count). The van der Waals surface area contributed by atoms with Crippen molar-refractivity contribution in [1.82, 2.24) is 10.2 Å². The van der Waals surface area contributed by atoms with Crippen molar-refractivity contribution in [2.45, 2.75) is 59.2 Å². The van der Waals surface area contributed by atoms with Gasteiger partial charge in [0.1, 0.15) is 6.04 Å². The zero-order chi connectivity index (χ0) is 20.7. The van der Waals surface area contributed by atoms with Crippen LogP contribution in [0.2, 0.25) is 0 Å². The molecule has 0 aromatic heterocycles. The number of hydrogen-bond donors (Lipinski definition) is 1. The molecule has 5 heteroatoms. The van der Waals surface area contributed by atoms with Crippen LogP contribution in [-0.2, 0) is 22.6 Å². The summed E-state index contributed by atoms with van der Waals surface area (Å²) in [6, 6.07) is 15.2. The average Bonchev–Trinajstić information content (AvgIpc) is 2.68. The van der Waals surface area contributed by atoms with Gasteiger partial charge in [0, 0.05) is 17.1 Å². The van der Waals surface area contributed by atoms with Crippen LogP contribution in [-0.4, -0.2) is 28.8 Å². The van der Waals surface area contributed by atoms with Gasteiger partial charge in [0.25, 0.3) is 0 Å². The zero-order valence-electron chi connectivity index (χ0n) is 17.0. The van der Waals surface area contributed by atoms with Gasteiger partial charge >= 0.3 is 0 Å². The second-order valence-electron chi connectivity index (χ2n) is 7.25. The number of carbonyl (C=O) groups is 2. The molecule has 2 aromatic carbocycles. The SMILES string of the molecule is CCC(C)NC(=O)C(C)N(Cc1ccc(Br)cc1)C(=O)Cc1ccccc1C. The number of aryl methyl sites for hydroxylation is 1. The van der Waals surface area contributed by atoms with Crippen LogP contribution in [0.3, 0.4) is 0 Å². The smallest absolute Gasteiger partial charge is 0.242 e. The molecule has 0 aliphatic heterocycles. The Labute approximate surface area is 176 Å². The Morgan fingerprint density at radius 2 is 1.71 bits per heavy atom. The lowest BCUT2D eigenvalue weighted by Crippen LogP contribution is -2.49. The summed E-state index contributed by atoms with van der Waals surface area (Å²) in [6.07, 6.45) is 1.13. The molecule has 0 bridgehead atoms. The van der Waals surface area contributed by atoms with Crippen molar-refractivity contribution in [1.29, 1.82) is 0 Å². The minimum atomic E-state index is -0.547. The maximum atomic E-state index is 13.2. The maximum absolute atomic E-state index is 13.2. The topological polar surface area (TPSA) is 49.4 Å². The number of halogens is 1. The molecule has 28 heavy (non-hydrogen) atoms. The predicted octanol–water partition coefficient (Wildman–Crippen LogP) is 4.63. The molecule has 0 saturated heterocycles. The summed E-state index contributed by atoms with van der Waals surface area (Å²) in [7, 11) is 0. The average molecular weight is 445 g/mol. The van der Waals surface area contributed by atoms with Crippen LogP contribution in [0, 0.1) is 6.92 Å². The first kappa shape index (κ1) is 22.2. The van der Waals surface area contributed by atoms with Gasteiger partial charge in [0.2, 0.25) is 11.8 Å². The fraction of sp³-hybridized carbons (Fsp3) is 0.391. The van der Waals surface area contributed by atoms with Gasteiger partial charge in [-0.1, -0.05) is 59.3 Å². The number of hydrogen-bond acceptors (Lipinski definition) is 2. The molecule has 0 aliphatic rings. The second-order valence-corrected chi connectivity index (χ2v) is 8.16. The molecule has 2 atom stereocenters. The van der Waals surface area contributed by atoms with E-state index in [9.17, 15) is 9.59 Å². The van der Waals surface area contributed by atoms with Gasteiger partial charge in [0.15, 0.2) is 0 Å². The fourth-order valence-electron chi connectivity index (χ4n) is 2.91. The first-order valence-electron chi connectivity index (χ1n) is 9.70. The van der Waals surface area contributed by atoms with Gasteiger partial charge in [-0.25, -0.2) is 0 Å². The molecule has 0 aliphatic carbocycles. The molecular weight excluding hydrogens is 416 g/mol. The Morgan fingerprint density at radius 3 is 2.32 bits per heavy atom. The first-order chi connectivity index (χ1) is 13.3. The van der Waals surface area contributed by atoms with Gasteiger partial charge < -0.3 is 10.2 Å². The van der Waals surface area contributed by atoms with Crippen LogP contribution in [0.4, 0.5) is 0 Å². The summed E-state index contributed by atoms with van der Waals surface area (Å²) >= 11 is 3.44. The molecule has 0 heterocycles. The van der Waals surface area contributed by atoms with Crippen LogP contribution in [0.1, 0.15) is 43.9 Å². The highest BCUT2D eigenvalue weighted by Crippen LogP contribution is 2.17. The number of rotatable bonds is 8. The van der Waals surface area contributed by atoms with Crippen LogP contribution in [0.5, 0.6) is 0 Å². The van der Waals surface area contributed by atoms with E-state index in [4.69, 9.17) is 0 Å². The summed E-state index contributed by atoms with van der Waals surface area (Å²) in [5.41, 5.74) is 3.06. The fourth-order valence-corrected chi connectivity index (χ4v) is 3.17. The van der Waals surface area contributed by atoms with E-state index in [0.717, 1.165) is 27.6 Å². The summed E-state index contributed by atoms with van der Waals surface area (Å²) in [5, 5.41) is 2.99. The molecule has 0 spiro atoms. The van der Waals surface area contributed by atoms with E-state index in [1.165, 1.54) is 0 Å². The van der Waals surface area contributed by atoms with E-state index >= 15 is 0 Å². The Kier molecular flexibility index (Phi) is 8.24. The Hall–Kier alpha value is -2.14. The lowest BCUT2D eigenvalue weighted by Gasteiger charge is -2.30. The molecule has 2 amide bonds. The third kappa shape index (κ3) is 6.20. The molecular formula is C23H29BrN2O2. The van der Waals surface area contributed by atoms with Crippen molar-refractivity contribution in [3.63, 3.8) is 0 Å². The van der Waals surface area contributed by atoms with Crippen molar-refractivity contribution in [3.8, 4) is 0 Å². The normalized spacial score (nSPS) is 12.9. The lowest BCUT2D eigenvalue weighted by molar-refractivity contribution is -0.140. The molecule has 0 radical (unpaired) electrons. The third-order valence-electron chi connectivity index (χ3n) is 5.04. The van der Waals surface area contributed by atoms with Crippen molar-refractivity contribution >= 4 is 27.7 Å². The quantitative estimate of drug-likeness (QED) is 0.644. The van der Waals surface area contributed by atoms with Gasteiger partial charge in [-0.05, 0) is 56.0 Å². The number of nitrogens with zero attached hydrogens (tertiary/aromatic N) is 1. The Morgan fingerprint density at radius 1 is 1.07 bits per heavy atom. The van der Waals surface area contributed by atoms with E-state index in [2.05, 4.69) is 21.2 Å². The summed E-state index contributed by atoms with van der Waals surface area (Å²) in [6.45, 7) is 8.19. The van der Waals surface area contributed by atoms with E-state index in [0.29, 0.717) is 6.54 Å². The van der Waals surface area contributed by atoms with Gasteiger partial charge in [0.05, 0.1) is 6.42 Å². The standard InChI is InChI=1S/C23H29BrN2O2/c1-5-17(3)25-23(28)18(4)26(15-19-10-12-21(24)13-11-19)22(27)14-20-9-7-6-8-16(20)2/h6-13,17-18H,5,14-15H2,1-4H3,(H,25,28). The monoisotopic (exact) mass is 444 g/mol. The van der Waals surface area contributed by atoms with Crippen molar-refractivity contribution in [2.24, 2.45) is 0 Å². The highest BCUT2D eigenvalue weighted by molar-refractivity contribution is 9.10. The number of carbonyl (C=O) groups excluding carboxylic acids is 2. The minimum Gasteiger partial charge on any atom is -0.352 e. The van der Waals surface area contributed by atoms with E-state index in [1.807, 2.05) is 69.3 Å². The largest absolute Gasteiger partial charge is 0.352 e. The third-order valence-corrected chi connectivity index (χ3v) is 5.57. The summed E-state index contributed by atoms with van der Waals surface area (Å²) in [5.74, 6) is -0.173. The first-order valence-corrected chi connectivity index (χ1v) is 10.5. The van der Waals surface area contributed by atoms with Gasteiger partial charge in [-0.3, -0.25) is 9.59 Å². The zero-order valence-corrected chi connectivity index (χ0v) is 18.6. The molecule has 1 N–H and O–H groups in total. The maximum Gasteiger partial charge on any atom is 0.242 e. The predicted molar refractivity (Wildman–Crippen MR) is 117 cm³/mol. The molecule has 0 saturated carbocycles. The Balaban J connectivity index is 2.23. The van der Waals surface area contributed by atoms with Gasteiger partial charge in [-0.2, -0.15) is 0 Å². The number of amides is 2. The minimum absolute atomic E-state index is 0.0518. The van der Waals surface area contributed by atoms with Crippen molar-refractivity contribution < 1.29 is 9.59 Å². The lowest BCUT2D eigenvalue weighted by atomic mass is 10.0. The molecule has 150 valence electrons. The molecule has 2 unspecified atom stereocenters. The van der Waals surface area contributed by atoms with E-state index in [-0.39, 0.29) is 24.3 Å². The number of benzene rings is 2. The van der Waals surface area contributed by atoms with E-state index < -0.39 is 6.04 Å². The van der Waals surface area contributed by atoms with Crippen molar-refractivity contribution in [3.05, 3.63) is 69.7 Å². The van der Waals surface area contributed by atoms with Crippen LogP contribution in [0.15, 0.2) is 53.0 Å². The molecule has 2 aromatic rings. The highest BCUT2D eigenvalue weighted by atomic mass is 79.9. The Bertz CT molecular complexity index is 805. The molecule has 4 nitrogen and oxygen atoms in total. The van der Waals surface area contributed by atoms with Crippen LogP contribution < -0.4 is 5.32 Å². The number of nitrogens with one attached hydrogen (secondary N) is 1. The van der Waals surface area contributed by atoms with Crippen LogP contribution >= 0.6 is 15.9 Å². The van der Waals surface area contributed by atoms with Gasteiger partial charge in [-0.15, -0.1) is 0 Å². The summed E-state index contributed by atoms with van der Waals surface area (Å²) < 4.78 is 0.983. The summed E-state index contributed by atoms with van der Waals surface area (Å²) in [4.78, 5) is 27.6. The molecule has 0 fully saturated rings. The van der Waals surface area contributed by atoms with Crippen LogP contribution in [0.25, 0.3) is 0 Å². The second kappa shape index (κ2) is 10.4. The van der Waals surface area contributed by atoms with Crippen molar-refractivity contribution in [2.75, 3.05) is 0 Å². The van der Waals surface area contributed by atoms with E-state index in [1.54, 1.807) is 11.8 Å².